The number of nitrogens with zero attached hydrogens (tertiary/aromatic N) is 1. The first kappa shape index (κ1) is 21.4. The van der Waals surface area contributed by atoms with Crippen molar-refractivity contribution in [3.8, 4) is 11.5 Å². The van der Waals surface area contributed by atoms with E-state index in [2.05, 4.69) is 5.32 Å². The van der Waals surface area contributed by atoms with E-state index in [-0.39, 0.29) is 18.2 Å². The third-order valence-corrected chi connectivity index (χ3v) is 5.75. The highest BCUT2D eigenvalue weighted by molar-refractivity contribution is 5.99. The van der Waals surface area contributed by atoms with Gasteiger partial charge < -0.3 is 19.7 Å². The van der Waals surface area contributed by atoms with E-state index in [9.17, 15) is 9.59 Å². The van der Waals surface area contributed by atoms with Crippen molar-refractivity contribution in [3.05, 3.63) is 89.0 Å². The molecule has 6 nitrogen and oxygen atoms in total. The Hall–Kier alpha value is -3.80. The molecule has 0 saturated heterocycles. The standard InChI is InChI=1S/C26H26N2O4/c1-17-8-10-18(11-9-17)23(28-16-19-6-4-5-7-21(19)26(28)30)15-25(29)27-22-14-20(31-2)12-13-24(22)32-3/h4-14,23H,15-16H2,1-3H3,(H,27,29). The van der Waals surface area contributed by atoms with Crippen LogP contribution in [0.15, 0.2) is 66.7 Å². The van der Waals surface area contributed by atoms with Gasteiger partial charge in [-0.2, -0.15) is 0 Å². The first-order chi connectivity index (χ1) is 15.5. The lowest BCUT2D eigenvalue weighted by atomic mass is 10.00. The molecule has 1 atom stereocenters. The van der Waals surface area contributed by atoms with E-state index in [0.29, 0.717) is 29.3 Å². The summed E-state index contributed by atoms with van der Waals surface area (Å²) < 4.78 is 10.6. The van der Waals surface area contributed by atoms with Gasteiger partial charge >= 0.3 is 0 Å². The summed E-state index contributed by atoms with van der Waals surface area (Å²) in [6, 6.07) is 20.4. The van der Waals surface area contributed by atoms with Crippen LogP contribution in [0.1, 0.15) is 39.5 Å². The lowest BCUT2D eigenvalue weighted by molar-refractivity contribution is -0.117. The molecule has 0 fully saturated rings. The summed E-state index contributed by atoms with van der Waals surface area (Å²) in [7, 11) is 3.12. The molecule has 2 amide bonds. The van der Waals surface area contributed by atoms with E-state index in [0.717, 1.165) is 16.7 Å². The molecule has 0 aliphatic carbocycles. The Kier molecular flexibility index (Phi) is 6.12. The van der Waals surface area contributed by atoms with Gasteiger partial charge in [0.2, 0.25) is 5.91 Å². The molecule has 1 unspecified atom stereocenters. The van der Waals surface area contributed by atoms with Gasteiger partial charge in [0.25, 0.3) is 5.91 Å². The third-order valence-electron chi connectivity index (χ3n) is 5.75. The molecule has 0 saturated carbocycles. The van der Waals surface area contributed by atoms with E-state index in [1.54, 1.807) is 37.3 Å². The largest absolute Gasteiger partial charge is 0.497 e. The zero-order valence-corrected chi connectivity index (χ0v) is 18.4. The van der Waals surface area contributed by atoms with Crippen molar-refractivity contribution >= 4 is 17.5 Å². The molecule has 6 heteroatoms. The molecule has 0 bridgehead atoms. The van der Waals surface area contributed by atoms with E-state index < -0.39 is 6.04 Å². The maximum Gasteiger partial charge on any atom is 0.255 e. The second kappa shape index (κ2) is 9.14. The van der Waals surface area contributed by atoms with Crippen LogP contribution in [-0.2, 0) is 11.3 Å². The number of carbonyl (C=O) groups is 2. The molecule has 164 valence electrons. The average molecular weight is 431 g/mol. The number of nitrogens with one attached hydrogen (secondary N) is 1. The van der Waals surface area contributed by atoms with Gasteiger partial charge in [-0.3, -0.25) is 9.59 Å². The summed E-state index contributed by atoms with van der Waals surface area (Å²) in [6.45, 7) is 2.49. The minimum Gasteiger partial charge on any atom is -0.497 e. The molecule has 0 radical (unpaired) electrons. The number of benzene rings is 3. The molecule has 1 N–H and O–H groups in total. The van der Waals surface area contributed by atoms with Gasteiger partial charge in [0, 0.05) is 18.2 Å². The Labute approximate surface area is 187 Å². The number of aryl methyl sites for hydroxylation is 1. The van der Waals surface area contributed by atoms with Crippen LogP contribution in [0.3, 0.4) is 0 Å². The lowest BCUT2D eigenvalue weighted by Crippen LogP contribution is -2.32. The quantitative estimate of drug-likeness (QED) is 0.588. The van der Waals surface area contributed by atoms with Crippen LogP contribution in [0.4, 0.5) is 5.69 Å². The number of amides is 2. The van der Waals surface area contributed by atoms with Gasteiger partial charge in [-0.15, -0.1) is 0 Å². The number of ether oxygens (including phenoxy) is 2. The minimum atomic E-state index is -0.396. The predicted molar refractivity (Wildman–Crippen MR) is 123 cm³/mol. The summed E-state index contributed by atoms with van der Waals surface area (Å²) in [5.74, 6) is 0.876. The summed E-state index contributed by atoms with van der Waals surface area (Å²) in [5.41, 5.74) is 4.23. The number of rotatable bonds is 7. The molecule has 1 aliphatic rings. The minimum absolute atomic E-state index is 0.0575. The van der Waals surface area contributed by atoms with Crippen LogP contribution >= 0.6 is 0 Å². The monoisotopic (exact) mass is 430 g/mol. The van der Waals surface area contributed by atoms with Crippen molar-refractivity contribution < 1.29 is 19.1 Å². The zero-order chi connectivity index (χ0) is 22.7. The van der Waals surface area contributed by atoms with Crippen LogP contribution in [0.25, 0.3) is 0 Å². The van der Waals surface area contributed by atoms with Gasteiger partial charge in [0.15, 0.2) is 0 Å². The Balaban J connectivity index is 1.61. The fraction of sp³-hybridized carbons (Fsp3) is 0.231. The van der Waals surface area contributed by atoms with Gasteiger partial charge in [-0.25, -0.2) is 0 Å². The number of methoxy groups -OCH3 is 2. The Morgan fingerprint density at radius 3 is 2.47 bits per heavy atom. The fourth-order valence-electron chi connectivity index (χ4n) is 4.01. The number of carbonyl (C=O) groups excluding carboxylic acids is 2. The maximum atomic E-state index is 13.2. The van der Waals surface area contributed by atoms with Gasteiger partial charge in [0.1, 0.15) is 11.5 Å². The average Bonchev–Trinajstić information content (AvgIpc) is 3.14. The van der Waals surface area contributed by atoms with Gasteiger partial charge in [-0.05, 0) is 36.2 Å². The molecule has 32 heavy (non-hydrogen) atoms. The highest BCUT2D eigenvalue weighted by Gasteiger charge is 2.34. The van der Waals surface area contributed by atoms with E-state index >= 15 is 0 Å². The predicted octanol–water partition coefficient (Wildman–Crippen LogP) is 4.74. The maximum absolute atomic E-state index is 13.2. The van der Waals surface area contributed by atoms with Crippen LogP contribution in [0, 0.1) is 6.92 Å². The van der Waals surface area contributed by atoms with Crippen molar-refractivity contribution in [3.63, 3.8) is 0 Å². The van der Waals surface area contributed by atoms with Crippen LogP contribution in [0.5, 0.6) is 11.5 Å². The summed E-state index contributed by atoms with van der Waals surface area (Å²) in [6.07, 6.45) is 0.114. The number of hydrogen-bond donors (Lipinski definition) is 1. The molecule has 3 aromatic rings. The molecular formula is C26H26N2O4. The lowest BCUT2D eigenvalue weighted by Gasteiger charge is -2.28. The number of anilines is 1. The van der Waals surface area contributed by atoms with Crippen molar-refractivity contribution in [1.29, 1.82) is 0 Å². The van der Waals surface area contributed by atoms with Gasteiger partial charge in [0.05, 0.1) is 32.4 Å². The van der Waals surface area contributed by atoms with E-state index in [1.807, 2.05) is 55.5 Å². The molecule has 1 heterocycles. The van der Waals surface area contributed by atoms with Gasteiger partial charge in [-0.1, -0.05) is 48.0 Å². The molecular weight excluding hydrogens is 404 g/mol. The molecule has 3 aromatic carbocycles. The SMILES string of the molecule is COc1ccc(OC)c(NC(=O)CC(c2ccc(C)cc2)N2Cc3ccccc3C2=O)c1. The smallest absolute Gasteiger partial charge is 0.255 e. The molecule has 1 aliphatic heterocycles. The Morgan fingerprint density at radius 1 is 1.03 bits per heavy atom. The Bertz CT molecular complexity index is 1140. The van der Waals surface area contributed by atoms with E-state index in [1.165, 1.54) is 0 Å². The third kappa shape index (κ3) is 4.30. The first-order valence-corrected chi connectivity index (χ1v) is 10.5. The summed E-state index contributed by atoms with van der Waals surface area (Å²) >= 11 is 0. The normalized spacial score (nSPS) is 13.5. The highest BCUT2D eigenvalue weighted by atomic mass is 16.5. The Morgan fingerprint density at radius 2 is 1.78 bits per heavy atom. The highest BCUT2D eigenvalue weighted by Crippen LogP contribution is 2.35. The van der Waals surface area contributed by atoms with Crippen LogP contribution in [0.2, 0.25) is 0 Å². The van der Waals surface area contributed by atoms with Crippen LogP contribution in [-0.4, -0.2) is 30.9 Å². The van der Waals surface area contributed by atoms with Crippen molar-refractivity contribution in [1.82, 2.24) is 4.90 Å². The number of fused-ring (bicyclic) bond motifs is 1. The van der Waals surface area contributed by atoms with Crippen LogP contribution < -0.4 is 14.8 Å². The van der Waals surface area contributed by atoms with Crippen molar-refractivity contribution in [2.45, 2.75) is 25.9 Å². The second-order valence-electron chi connectivity index (χ2n) is 7.84. The topological polar surface area (TPSA) is 67.9 Å². The second-order valence-corrected chi connectivity index (χ2v) is 7.84. The summed E-state index contributed by atoms with van der Waals surface area (Å²) in [4.78, 5) is 28.1. The first-order valence-electron chi connectivity index (χ1n) is 10.5. The molecule has 0 aromatic heterocycles. The van der Waals surface area contributed by atoms with Crippen molar-refractivity contribution in [2.24, 2.45) is 0 Å². The molecule has 4 rings (SSSR count). The zero-order valence-electron chi connectivity index (χ0n) is 18.4. The number of hydrogen-bond acceptors (Lipinski definition) is 4. The fourth-order valence-corrected chi connectivity index (χ4v) is 4.01. The van der Waals surface area contributed by atoms with E-state index in [4.69, 9.17) is 9.47 Å². The van der Waals surface area contributed by atoms with Crippen molar-refractivity contribution in [2.75, 3.05) is 19.5 Å². The summed E-state index contributed by atoms with van der Waals surface area (Å²) in [5, 5.41) is 2.93. The molecule has 0 spiro atoms.